The van der Waals surface area contributed by atoms with Gasteiger partial charge in [0.1, 0.15) is 10.7 Å². The minimum absolute atomic E-state index is 0.0243. The molecule has 1 atom stereocenters. The largest absolute Gasteiger partial charge is 0.309 e. The van der Waals surface area contributed by atoms with Crippen LogP contribution in [0.4, 0.5) is 5.69 Å². The van der Waals surface area contributed by atoms with Crippen molar-refractivity contribution >= 4 is 44.9 Å². The van der Waals surface area contributed by atoms with Crippen LogP contribution in [0, 0.1) is 13.8 Å². The Kier molecular flexibility index (Phi) is 6.77. The van der Waals surface area contributed by atoms with Crippen LogP contribution in [0.2, 0.25) is 0 Å². The fourth-order valence-corrected chi connectivity index (χ4v) is 5.40. The Hall–Kier alpha value is -2.90. The van der Waals surface area contributed by atoms with Crippen molar-refractivity contribution in [1.29, 1.82) is 0 Å². The van der Waals surface area contributed by atoms with E-state index in [-0.39, 0.29) is 16.7 Å². The van der Waals surface area contributed by atoms with Gasteiger partial charge in [0.2, 0.25) is 5.91 Å². The first-order valence-electron chi connectivity index (χ1n) is 10.4. The van der Waals surface area contributed by atoms with Crippen LogP contribution in [0.25, 0.3) is 10.2 Å². The molecule has 2 aromatic carbocycles. The topological polar surface area (TPSA) is 66.1 Å². The summed E-state index contributed by atoms with van der Waals surface area (Å²) < 4.78 is 0. The summed E-state index contributed by atoms with van der Waals surface area (Å²) in [5.74, 6) is 1.08. The highest BCUT2D eigenvalue weighted by molar-refractivity contribution is 7.99. The number of thiophene rings is 1. The number of amides is 1. The lowest BCUT2D eigenvalue weighted by molar-refractivity contribution is -0.118. The van der Waals surface area contributed by atoms with E-state index in [0.29, 0.717) is 23.5 Å². The number of aryl methyl sites for hydroxylation is 2. The molecule has 1 unspecified atom stereocenters. The van der Waals surface area contributed by atoms with Crippen LogP contribution in [0.15, 0.2) is 65.5 Å². The van der Waals surface area contributed by atoms with Crippen molar-refractivity contribution in [2.24, 2.45) is 0 Å². The standard InChI is InChI=1S/C25H25N3O2S2/c1-16-17(2)32-24-22(16)23(29)26-21(27-24)15-31-18(3)25(30)28(20-12-8-5-9-13-20)14-19-10-6-4-7-11-19/h4-13,18H,14-15H2,1-3H3,(H,26,27,29). The van der Waals surface area contributed by atoms with Crippen LogP contribution in [0.5, 0.6) is 0 Å². The Morgan fingerprint density at radius 2 is 1.75 bits per heavy atom. The van der Waals surface area contributed by atoms with Gasteiger partial charge in [-0.05, 0) is 44.0 Å². The first-order chi connectivity index (χ1) is 15.4. The Labute approximate surface area is 195 Å². The molecule has 0 aliphatic rings. The van der Waals surface area contributed by atoms with E-state index >= 15 is 0 Å². The molecule has 0 saturated carbocycles. The summed E-state index contributed by atoms with van der Waals surface area (Å²) in [6.45, 7) is 6.36. The number of nitrogens with one attached hydrogen (secondary N) is 1. The van der Waals surface area contributed by atoms with Crippen molar-refractivity contribution in [3.63, 3.8) is 0 Å². The molecule has 32 heavy (non-hydrogen) atoms. The number of hydrogen-bond acceptors (Lipinski definition) is 5. The molecule has 0 bridgehead atoms. The van der Waals surface area contributed by atoms with E-state index in [1.165, 1.54) is 23.1 Å². The first kappa shape index (κ1) is 22.3. The molecule has 0 radical (unpaired) electrons. The third-order valence-electron chi connectivity index (χ3n) is 5.42. The van der Waals surface area contributed by atoms with E-state index < -0.39 is 0 Å². The number of aromatic amines is 1. The van der Waals surface area contributed by atoms with Crippen LogP contribution in [-0.4, -0.2) is 21.1 Å². The number of anilines is 1. The van der Waals surface area contributed by atoms with Crippen molar-refractivity contribution in [2.75, 3.05) is 4.90 Å². The van der Waals surface area contributed by atoms with Gasteiger partial charge < -0.3 is 9.88 Å². The van der Waals surface area contributed by atoms with Gasteiger partial charge in [-0.1, -0.05) is 48.5 Å². The molecule has 0 fully saturated rings. The van der Waals surface area contributed by atoms with Gasteiger partial charge in [-0.25, -0.2) is 4.98 Å². The van der Waals surface area contributed by atoms with E-state index in [2.05, 4.69) is 9.97 Å². The fraction of sp³-hybridized carbons (Fsp3) is 0.240. The van der Waals surface area contributed by atoms with Crippen LogP contribution < -0.4 is 10.5 Å². The lowest BCUT2D eigenvalue weighted by atomic mass is 10.2. The maximum Gasteiger partial charge on any atom is 0.259 e. The predicted molar refractivity (Wildman–Crippen MR) is 135 cm³/mol. The molecule has 2 heterocycles. The van der Waals surface area contributed by atoms with E-state index in [4.69, 9.17) is 0 Å². The molecular weight excluding hydrogens is 438 g/mol. The van der Waals surface area contributed by atoms with Crippen molar-refractivity contribution < 1.29 is 4.79 Å². The third-order valence-corrected chi connectivity index (χ3v) is 7.67. The van der Waals surface area contributed by atoms with Gasteiger partial charge in [0, 0.05) is 10.6 Å². The van der Waals surface area contributed by atoms with Crippen molar-refractivity contribution in [3.05, 3.63) is 92.8 Å². The number of aromatic nitrogens is 2. The van der Waals surface area contributed by atoms with Gasteiger partial charge in [-0.2, -0.15) is 0 Å². The zero-order valence-corrected chi connectivity index (χ0v) is 19.9. The first-order valence-corrected chi connectivity index (χ1v) is 12.3. The molecule has 4 aromatic rings. The van der Waals surface area contributed by atoms with E-state index in [1.54, 1.807) is 0 Å². The van der Waals surface area contributed by atoms with Crippen molar-refractivity contribution in [2.45, 2.75) is 38.3 Å². The Morgan fingerprint density at radius 3 is 2.44 bits per heavy atom. The SMILES string of the molecule is Cc1sc2nc(CSC(C)C(=O)N(Cc3ccccc3)c3ccccc3)[nH]c(=O)c2c1C. The molecule has 0 aliphatic carbocycles. The average molecular weight is 464 g/mol. The number of carbonyl (C=O) groups is 1. The maximum absolute atomic E-state index is 13.4. The number of benzene rings is 2. The Morgan fingerprint density at radius 1 is 1.09 bits per heavy atom. The monoisotopic (exact) mass is 463 g/mol. The van der Waals surface area contributed by atoms with Gasteiger partial charge >= 0.3 is 0 Å². The molecule has 5 nitrogen and oxygen atoms in total. The number of rotatable bonds is 7. The average Bonchev–Trinajstić information content (AvgIpc) is 3.10. The number of fused-ring (bicyclic) bond motifs is 1. The van der Waals surface area contributed by atoms with Crippen LogP contribution >= 0.6 is 23.1 Å². The quantitative estimate of drug-likeness (QED) is 0.395. The van der Waals surface area contributed by atoms with Crippen LogP contribution in [0.3, 0.4) is 0 Å². The minimum Gasteiger partial charge on any atom is -0.309 e. The number of thioether (sulfide) groups is 1. The molecular formula is C25H25N3O2S2. The summed E-state index contributed by atoms with van der Waals surface area (Å²) in [7, 11) is 0. The second-order valence-electron chi connectivity index (χ2n) is 7.67. The summed E-state index contributed by atoms with van der Waals surface area (Å²) >= 11 is 3.02. The van der Waals surface area contributed by atoms with Crippen molar-refractivity contribution in [3.8, 4) is 0 Å². The molecule has 164 valence electrons. The summed E-state index contributed by atoms with van der Waals surface area (Å²) in [5.41, 5.74) is 2.82. The fourth-order valence-electron chi connectivity index (χ4n) is 3.53. The van der Waals surface area contributed by atoms with E-state index in [9.17, 15) is 9.59 Å². The zero-order chi connectivity index (χ0) is 22.7. The van der Waals surface area contributed by atoms with Gasteiger partial charge in [0.25, 0.3) is 5.56 Å². The van der Waals surface area contributed by atoms with Gasteiger partial charge in [0.05, 0.1) is 22.9 Å². The third kappa shape index (κ3) is 4.79. The summed E-state index contributed by atoms with van der Waals surface area (Å²) in [6, 6.07) is 19.7. The highest BCUT2D eigenvalue weighted by Crippen LogP contribution is 2.27. The zero-order valence-electron chi connectivity index (χ0n) is 18.3. The highest BCUT2D eigenvalue weighted by atomic mass is 32.2. The molecule has 4 rings (SSSR count). The molecule has 0 spiro atoms. The second-order valence-corrected chi connectivity index (χ2v) is 10.2. The number of hydrogen-bond donors (Lipinski definition) is 1. The maximum atomic E-state index is 13.4. The lowest BCUT2D eigenvalue weighted by Gasteiger charge is -2.26. The molecule has 0 saturated heterocycles. The molecule has 7 heteroatoms. The predicted octanol–water partition coefficient (Wildman–Crippen LogP) is 5.46. The van der Waals surface area contributed by atoms with E-state index in [1.807, 2.05) is 86.3 Å². The summed E-state index contributed by atoms with van der Waals surface area (Å²) in [4.78, 5) is 37.2. The van der Waals surface area contributed by atoms with Crippen LogP contribution in [-0.2, 0) is 17.1 Å². The lowest BCUT2D eigenvalue weighted by Crippen LogP contribution is -2.36. The number of H-pyrrole nitrogens is 1. The van der Waals surface area contributed by atoms with E-state index in [0.717, 1.165) is 26.5 Å². The van der Waals surface area contributed by atoms with Gasteiger partial charge in [-0.15, -0.1) is 23.1 Å². The number of nitrogens with zero attached hydrogens (tertiary/aromatic N) is 2. The number of carbonyl (C=O) groups excluding carboxylic acids is 1. The Bertz CT molecular complexity index is 1280. The van der Waals surface area contributed by atoms with Gasteiger partial charge in [0.15, 0.2) is 0 Å². The van der Waals surface area contributed by atoms with Crippen molar-refractivity contribution in [1.82, 2.24) is 9.97 Å². The summed E-state index contributed by atoms with van der Waals surface area (Å²) in [6.07, 6.45) is 0. The molecule has 1 N–H and O–H groups in total. The molecule has 1 amide bonds. The second kappa shape index (κ2) is 9.71. The Balaban J connectivity index is 1.52. The van der Waals surface area contributed by atoms with Gasteiger partial charge in [-0.3, -0.25) is 9.59 Å². The smallest absolute Gasteiger partial charge is 0.259 e. The highest BCUT2D eigenvalue weighted by Gasteiger charge is 2.23. The van der Waals surface area contributed by atoms with Crippen LogP contribution in [0.1, 0.15) is 28.8 Å². The number of para-hydroxylation sites is 1. The minimum atomic E-state index is -0.299. The molecule has 0 aliphatic heterocycles. The summed E-state index contributed by atoms with van der Waals surface area (Å²) in [5, 5.41) is 0.371. The normalized spacial score (nSPS) is 12.1. The molecule has 2 aromatic heterocycles.